The number of amides is 3. The van der Waals surface area contributed by atoms with Crippen molar-refractivity contribution in [2.75, 3.05) is 25.0 Å². The van der Waals surface area contributed by atoms with Gasteiger partial charge in [0.1, 0.15) is 11.6 Å². The van der Waals surface area contributed by atoms with Gasteiger partial charge in [-0.05, 0) is 18.0 Å². The fraction of sp³-hybridized carbons (Fsp3) is 0.353. The third-order valence-electron chi connectivity index (χ3n) is 4.42. The van der Waals surface area contributed by atoms with Crippen LogP contribution in [0.2, 0.25) is 0 Å². The highest BCUT2D eigenvalue weighted by molar-refractivity contribution is 7.10. The van der Waals surface area contributed by atoms with Gasteiger partial charge < -0.3 is 15.0 Å². The lowest BCUT2D eigenvalue weighted by Gasteiger charge is -2.40. The number of morpholine rings is 1. The lowest BCUT2D eigenvalue weighted by atomic mass is 10.0. The zero-order chi connectivity index (χ0) is 17.2. The Bertz CT molecular complexity index is 779. The van der Waals surface area contributed by atoms with E-state index in [1.165, 1.54) is 11.5 Å². The maximum atomic E-state index is 12.5. The Morgan fingerprint density at radius 2 is 2.20 bits per heavy atom. The zero-order valence-corrected chi connectivity index (χ0v) is 14.3. The predicted molar refractivity (Wildman–Crippen MR) is 94.4 cm³/mol. The monoisotopic (exact) mass is 358 g/mol. The Morgan fingerprint density at radius 1 is 1.36 bits per heavy atom. The quantitative estimate of drug-likeness (QED) is 0.859. The van der Waals surface area contributed by atoms with Crippen molar-refractivity contribution in [2.45, 2.75) is 18.6 Å². The minimum absolute atomic E-state index is 0.00478. The van der Waals surface area contributed by atoms with Gasteiger partial charge in [0.25, 0.3) is 0 Å². The van der Waals surface area contributed by atoms with Gasteiger partial charge in [0.05, 0.1) is 17.8 Å². The average molecular weight is 358 g/mol. The number of carbonyl (C=O) groups is 2. The molecule has 2 saturated heterocycles. The van der Waals surface area contributed by atoms with Crippen molar-refractivity contribution >= 4 is 28.5 Å². The number of likely N-dealkylation sites (tertiary alicyclic amines) is 1. The van der Waals surface area contributed by atoms with Crippen LogP contribution in [0.4, 0.5) is 9.80 Å². The molecule has 130 valence electrons. The number of benzene rings is 1. The Labute approximate surface area is 149 Å². The van der Waals surface area contributed by atoms with Gasteiger partial charge in [-0.3, -0.25) is 10.1 Å². The molecule has 1 aromatic carbocycles. The number of hydrogen-bond acceptors (Lipinski definition) is 5. The number of rotatable bonds is 2. The zero-order valence-electron chi connectivity index (χ0n) is 13.5. The summed E-state index contributed by atoms with van der Waals surface area (Å²) in [6.45, 7) is 1.16. The van der Waals surface area contributed by atoms with E-state index in [4.69, 9.17) is 4.74 Å². The summed E-state index contributed by atoms with van der Waals surface area (Å²) in [7, 11) is 0. The van der Waals surface area contributed by atoms with E-state index < -0.39 is 0 Å². The molecular weight excluding hydrogens is 340 g/mol. The third-order valence-corrected chi connectivity index (χ3v) is 5.13. The number of nitrogens with zero attached hydrogens (tertiary/aromatic N) is 2. The van der Waals surface area contributed by atoms with E-state index in [-0.39, 0.29) is 30.7 Å². The molecule has 8 heteroatoms. The molecule has 0 saturated carbocycles. The molecule has 2 aliphatic heterocycles. The molecule has 2 fully saturated rings. The van der Waals surface area contributed by atoms with Crippen molar-refractivity contribution in [1.29, 1.82) is 0 Å². The first kappa shape index (κ1) is 16.0. The van der Waals surface area contributed by atoms with E-state index in [9.17, 15) is 9.59 Å². The van der Waals surface area contributed by atoms with E-state index in [0.29, 0.717) is 18.1 Å². The van der Waals surface area contributed by atoms with Crippen molar-refractivity contribution in [3.8, 4) is 11.3 Å². The van der Waals surface area contributed by atoms with Crippen LogP contribution in [0, 0.1) is 0 Å². The number of ether oxygens (including phenoxy) is 1. The van der Waals surface area contributed by atoms with E-state index in [1.54, 1.807) is 4.90 Å². The van der Waals surface area contributed by atoms with E-state index in [0.717, 1.165) is 17.7 Å². The summed E-state index contributed by atoms with van der Waals surface area (Å²) >= 11 is 1.26. The number of piperidine rings is 1. The lowest BCUT2D eigenvalue weighted by molar-refractivity contribution is -0.139. The lowest BCUT2D eigenvalue weighted by Crippen LogP contribution is -2.61. The molecule has 0 aliphatic carbocycles. The molecule has 1 aromatic heterocycles. The standard InChI is InChI=1S/C17H18N4O3S/c22-15-10-24-14-6-7-21(9-13(14)18-15)17(23)19-16-8-12(20-25-16)11-4-2-1-3-5-11/h1-5,8,13-14H,6-7,9-10H2,(H,18,22)(H,19,23)/t13-,14-/m0/s1. The molecule has 7 nitrogen and oxygen atoms in total. The Hall–Kier alpha value is -2.45. The highest BCUT2D eigenvalue weighted by Gasteiger charge is 2.36. The normalized spacial score (nSPS) is 22.9. The molecule has 2 aliphatic rings. The van der Waals surface area contributed by atoms with Crippen molar-refractivity contribution < 1.29 is 14.3 Å². The molecular formula is C17H18N4O3S. The van der Waals surface area contributed by atoms with Crippen LogP contribution in [0.1, 0.15) is 6.42 Å². The molecule has 0 unspecified atom stereocenters. The molecule has 2 atom stereocenters. The number of carbonyl (C=O) groups excluding carboxylic acids is 2. The Balaban J connectivity index is 1.39. The van der Waals surface area contributed by atoms with Crippen LogP contribution in [0.3, 0.4) is 0 Å². The molecule has 0 bridgehead atoms. The van der Waals surface area contributed by atoms with E-state index in [2.05, 4.69) is 15.0 Å². The van der Waals surface area contributed by atoms with Crippen LogP contribution in [0.5, 0.6) is 0 Å². The number of fused-ring (bicyclic) bond motifs is 1. The van der Waals surface area contributed by atoms with Gasteiger partial charge in [-0.1, -0.05) is 30.3 Å². The van der Waals surface area contributed by atoms with Crippen LogP contribution in [0.15, 0.2) is 36.4 Å². The van der Waals surface area contributed by atoms with Crippen LogP contribution in [0.25, 0.3) is 11.3 Å². The van der Waals surface area contributed by atoms with Crippen molar-refractivity contribution in [1.82, 2.24) is 14.6 Å². The molecule has 3 heterocycles. The first-order valence-electron chi connectivity index (χ1n) is 8.18. The summed E-state index contributed by atoms with van der Waals surface area (Å²) in [4.78, 5) is 25.7. The first-order chi connectivity index (χ1) is 12.2. The van der Waals surface area contributed by atoms with Crippen LogP contribution >= 0.6 is 11.5 Å². The largest absolute Gasteiger partial charge is 0.366 e. The van der Waals surface area contributed by atoms with Crippen molar-refractivity contribution in [3.63, 3.8) is 0 Å². The predicted octanol–water partition coefficient (Wildman–Crippen LogP) is 1.93. The van der Waals surface area contributed by atoms with Gasteiger partial charge in [-0.2, -0.15) is 4.37 Å². The molecule has 4 rings (SSSR count). The maximum Gasteiger partial charge on any atom is 0.322 e. The van der Waals surface area contributed by atoms with Crippen LogP contribution < -0.4 is 10.6 Å². The van der Waals surface area contributed by atoms with Gasteiger partial charge >= 0.3 is 6.03 Å². The summed E-state index contributed by atoms with van der Waals surface area (Å²) < 4.78 is 9.91. The topological polar surface area (TPSA) is 83.6 Å². The fourth-order valence-corrected chi connectivity index (χ4v) is 3.80. The van der Waals surface area contributed by atoms with Gasteiger partial charge in [0, 0.05) is 24.7 Å². The summed E-state index contributed by atoms with van der Waals surface area (Å²) in [5.41, 5.74) is 1.86. The SMILES string of the molecule is O=C1CO[C@H]2CCN(C(=O)Nc3cc(-c4ccccc4)ns3)C[C@@H]2N1. The van der Waals surface area contributed by atoms with E-state index in [1.807, 2.05) is 36.4 Å². The Kier molecular flexibility index (Phi) is 4.37. The summed E-state index contributed by atoms with van der Waals surface area (Å²) in [6.07, 6.45) is 0.714. The Morgan fingerprint density at radius 3 is 3.04 bits per heavy atom. The highest BCUT2D eigenvalue weighted by Crippen LogP contribution is 2.26. The molecule has 2 N–H and O–H groups in total. The highest BCUT2D eigenvalue weighted by atomic mass is 32.1. The van der Waals surface area contributed by atoms with Gasteiger partial charge in [0.15, 0.2) is 0 Å². The third kappa shape index (κ3) is 3.49. The van der Waals surface area contributed by atoms with Crippen LogP contribution in [-0.2, 0) is 9.53 Å². The number of hydrogen-bond donors (Lipinski definition) is 2. The minimum atomic E-state index is -0.179. The fourth-order valence-electron chi connectivity index (χ4n) is 3.15. The molecule has 2 aromatic rings. The van der Waals surface area contributed by atoms with Crippen LogP contribution in [-0.4, -0.2) is 53.1 Å². The summed E-state index contributed by atoms with van der Waals surface area (Å²) in [5.74, 6) is -0.126. The summed E-state index contributed by atoms with van der Waals surface area (Å²) in [6, 6.07) is 11.4. The van der Waals surface area contributed by atoms with Gasteiger partial charge in [-0.25, -0.2) is 4.79 Å². The molecule has 3 amide bonds. The maximum absolute atomic E-state index is 12.5. The minimum Gasteiger partial charge on any atom is -0.366 e. The number of anilines is 1. The molecule has 0 radical (unpaired) electrons. The second-order valence-electron chi connectivity index (χ2n) is 6.13. The summed E-state index contributed by atoms with van der Waals surface area (Å²) in [5, 5.41) is 6.50. The second-order valence-corrected chi connectivity index (χ2v) is 6.94. The second kappa shape index (κ2) is 6.81. The first-order valence-corrected chi connectivity index (χ1v) is 8.95. The molecule has 25 heavy (non-hydrogen) atoms. The van der Waals surface area contributed by atoms with E-state index >= 15 is 0 Å². The van der Waals surface area contributed by atoms with Gasteiger partial charge in [-0.15, -0.1) is 0 Å². The number of nitrogens with one attached hydrogen (secondary N) is 2. The smallest absolute Gasteiger partial charge is 0.322 e. The molecule has 0 spiro atoms. The number of urea groups is 1. The van der Waals surface area contributed by atoms with Crippen molar-refractivity contribution in [3.05, 3.63) is 36.4 Å². The number of aromatic nitrogens is 1. The van der Waals surface area contributed by atoms with Gasteiger partial charge in [0.2, 0.25) is 5.91 Å². The average Bonchev–Trinajstić information content (AvgIpc) is 3.10. The van der Waals surface area contributed by atoms with Crippen molar-refractivity contribution in [2.24, 2.45) is 0 Å².